The van der Waals surface area contributed by atoms with E-state index >= 15 is 0 Å². The van der Waals surface area contributed by atoms with Gasteiger partial charge in [0.1, 0.15) is 0 Å². The average molecular weight is 401 g/mol. The van der Waals surface area contributed by atoms with Crippen molar-refractivity contribution in [3.05, 3.63) is 76.1 Å². The first-order valence-corrected chi connectivity index (χ1v) is 9.95. The van der Waals surface area contributed by atoms with E-state index in [2.05, 4.69) is 46.7 Å². The molecule has 1 atom stereocenters. The van der Waals surface area contributed by atoms with Gasteiger partial charge in [-0.3, -0.25) is 4.79 Å². The lowest BCUT2D eigenvalue weighted by atomic mass is 10.2. The Morgan fingerprint density at radius 1 is 1.19 bits per heavy atom. The molecule has 1 aromatic heterocycles. The molecule has 0 bridgehead atoms. The molecule has 0 aliphatic heterocycles. The zero-order chi connectivity index (χ0) is 19.4. The summed E-state index contributed by atoms with van der Waals surface area (Å²) >= 11 is 7.71. The molecule has 0 aliphatic carbocycles. The average Bonchev–Trinajstić information content (AvgIpc) is 3.02. The van der Waals surface area contributed by atoms with Crippen molar-refractivity contribution in [2.45, 2.75) is 30.8 Å². The van der Waals surface area contributed by atoms with Gasteiger partial charge in [-0.25, -0.2) is 0 Å². The maximum atomic E-state index is 12.4. The zero-order valence-corrected chi connectivity index (χ0v) is 17.0. The Kier molecular flexibility index (Phi) is 6.19. The molecule has 0 radical (unpaired) electrons. The largest absolute Gasteiger partial charge is 0.342 e. The molecule has 1 unspecified atom stereocenters. The molecular formula is C20H21ClN4OS. The summed E-state index contributed by atoms with van der Waals surface area (Å²) in [5.41, 5.74) is 2.92. The van der Waals surface area contributed by atoms with Crippen molar-refractivity contribution >= 4 is 29.3 Å². The number of aryl methyl sites for hydroxylation is 1. The van der Waals surface area contributed by atoms with Gasteiger partial charge in [-0.1, -0.05) is 65.3 Å². The van der Waals surface area contributed by atoms with Gasteiger partial charge < -0.3 is 9.88 Å². The number of amides is 1. The number of rotatable bonds is 6. The van der Waals surface area contributed by atoms with E-state index in [1.54, 1.807) is 36.0 Å². The minimum Gasteiger partial charge on any atom is -0.342 e. The van der Waals surface area contributed by atoms with E-state index in [4.69, 9.17) is 11.6 Å². The summed E-state index contributed by atoms with van der Waals surface area (Å²) in [6, 6.07) is 15.1. The number of carbonyl (C=O) groups excluding carboxylic acids is 1. The monoisotopic (exact) mass is 400 g/mol. The fraction of sp³-hybridized carbons (Fsp3) is 0.250. The number of hydrogen-bond acceptors (Lipinski definition) is 4. The van der Waals surface area contributed by atoms with Crippen molar-refractivity contribution in [2.24, 2.45) is 7.05 Å². The molecule has 0 aliphatic rings. The molecule has 5 nitrogen and oxygen atoms in total. The first-order valence-electron chi connectivity index (χ1n) is 8.58. The molecule has 2 aromatic carbocycles. The van der Waals surface area contributed by atoms with Gasteiger partial charge in [0.25, 0.3) is 5.91 Å². The zero-order valence-electron chi connectivity index (χ0n) is 15.4. The number of carbonyl (C=O) groups is 1. The number of hydrogen-bond donors (Lipinski definition) is 1. The number of halogens is 1. The highest BCUT2D eigenvalue weighted by Crippen LogP contribution is 2.23. The van der Waals surface area contributed by atoms with Gasteiger partial charge in [-0.05, 0) is 31.5 Å². The number of nitrogens with zero attached hydrogens (tertiary/aromatic N) is 3. The number of thioether (sulfide) groups is 1. The third-order valence-corrected chi connectivity index (χ3v) is 5.63. The first kappa shape index (κ1) is 19.5. The SMILES string of the molecule is Cc1ccc(CSc2nnc(C(C)NC(=O)c3ccccc3Cl)n2C)cc1. The van der Waals surface area contributed by atoms with Crippen LogP contribution in [0.3, 0.4) is 0 Å². The third kappa shape index (κ3) is 4.70. The van der Waals surface area contributed by atoms with Crippen LogP contribution in [0.2, 0.25) is 5.02 Å². The Bertz CT molecular complexity index is 939. The lowest BCUT2D eigenvalue weighted by molar-refractivity contribution is 0.0938. The molecule has 3 aromatic rings. The lowest BCUT2D eigenvalue weighted by Gasteiger charge is -2.14. The van der Waals surface area contributed by atoms with Crippen LogP contribution < -0.4 is 5.32 Å². The van der Waals surface area contributed by atoms with Crippen molar-refractivity contribution in [2.75, 3.05) is 0 Å². The molecule has 3 rings (SSSR count). The highest BCUT2D eigenvalue weighted by molar-refractivity contribution is 7.98. The van der Waals surface area contributed by atoms with Gasteiger partial charge in [0.05, 0.1) is 16.6 Å². The maximum absolute atomic E-state index is 12.4. The van der Waals surface area contributed by atoms with E-state index in [-0.39, 0.29) is 11.9 Å². The van der Waals surface area contributed by atoms with Crippen molar-refractivity contribution in [1.82, 2.24) is 20.1 Å². The first-order chi connectivity index (χ1) is 13.0. The van der Waals surface area contributed by atoms with Gasteiger partial charge >= 0.3 is 0 Å². The quantitative estimate of drug-likeness (QED) is 0.616. The summed E-state index contributed by atoms with van der Waals surface area (Å²) in [5.74, 6) is 1.28. The lowest BCUT2D eigenvalue weighted by Crippen LogP contribution is -2.28. The van der Waals surface area contributed by atoms with Crippen LogP contribution in [0, 0.1) is 6.92 Å². The second-order valence-corrected chi connectivity index (χ2v) is 7.70. The smallest absolute Gasteiger partial charge is 0.253 e. The number of nitrogens with one attached hydrogen (secondary N) is 1. The van der Waals surface area contributed by atoms with E-state index in [9.17, 15) is 4.79 Å². The molecule has 27 heavy (non-hydrogen) atoms. The molecular weight excluding hydrogens is 380 g/mol. The summed E-state index contributed by atoms with van der Waals surface area (Å²) in [6.07, 6.45) is 0. The highest BCUT2D eigenvalue weighted by Gasteiger charge is 2.19. The van der Waals surface area contributed by atoms with Crippen molar-refractivity contribution in [3.63, 3.8) is 0 Å². The van der Waals surface area contributed by atoms with Crippen LogP contribution in [-0.2, 0) is 12.8 Å². The summed E-state index contributed by atoms with van der Waals surface area (Å²) in [4.78, 5) is 12.4. The van der Waals surface area contributed by atoms with Gasteiger partial charge in [0.15, 0.2) is 11.0 Å². The fourth-order valence-electron chi connectivity index (χ4n) is 2.65. The molecule has 1 N–H and O–H groups in total. The minimum atomic E-state index is -0.292. The number of aromatic nitrogens is 3. The van der Waals surface area contributed by atoms with Crippen molar-refractivity contribution in [1.29, 1.82) is 0 Å². The van der Waals surface area contributed by atoms with Crippen molar-refractivity contribution in [3.8, 4) is 0 Å². The standard InChI is InChI=1S/C20H21ClN4OS/c1-13-8-10-15(11-9-13)12-27-20-24-23-18(25(20)3)14(2)22-19(26)16-6-4-5-7-17(16)21/h4-11,14H,12H2,1-3H3,(H,22,26). The summed E-state index contributed by atoms with van der Waals surface area (Å²) in [5, 5.41) is 12.7. The van der Waals surface area contributed by atoms with Gasteiger partial charge in [-0.2, -0.15) is 0 Å². The second kappa shape index (κ2) is 8.59. The van der Waals surface area contributed by atoms with Crippen LogP contribution in [0.5, 0.6) is 0 Å². The van der Waals surface area contributed by atoms with Crippen LogP contribution in [-0.4, -0.2) is 20.7 Å². The van der Waals surface area contributed by atoms with Crippen LogP contribution in [0.4, 0.5) is 0 Å². The minimum absolute atomic E-state index is 0.232. The van der Waals surface area contributed by atoms with E-state index in [1.807, 2.05) is 18.5 Å². The maximum Gasteiger partial charge on any atom is 0.253 e. The highest BCUT2D eigenvalue weighted by atomic mass is 35.5. The van der Waals surface area contributed by atoms with Crippen LogP contribution in [0.1, 0.15) is 40.3 Å². The molecule has 1 amide bonds. The van der Waals surface area contributed by atoms with Gasteiger partial charge in [0, 0.05) is 12.8 Å². The summed E-state index contributed by atoms with van der Waals surface area (Å²) in [7, 11) is 1.91. The normalized spacial score (nSPS) is 12.0. The Hall–Kier alpha value is -2.31. The molecule has 7 heteroatoms. The second-order valence-electron chi connectivity index (χ2n) is 6.35. The summed E-state index contributed by atoms with van der Waals surface area (Å²) in [6.45, 7) is 3.96. The predicted octanol–water partition coefficient (Wildman–Crippen LogP) is 4.56. The Balaban J connectivity index is 1.66. The van der Waals surface area contributed by atoms with Crippen LogP contribution in [0.25, 0.3) is 0 Å². The Labute approximate surface area is 168 Å². The van der Waals surface area contributed by atoms with Crippen LogP contribution >= 0.6 is 23.4 Å². The topological polar surface area (TPSA) is 59.8 Å². The Morgan fingerprint density at radius 2 is 1.89 bits per heavy atom. The molecule has 140 valence electrons. The molecule has 0 saturated carbocycles. The van der Waals surface area contributed by atoms with Gasteiger partial charge in [0.2, 0.25) is 0 Å². The van der Waals surface area contributed by atoms with E-state index in [0.29, 0.717) is 16.4 Å². The van der Waals surface area contributed by atoms with Crippen molar-refractivity contribution < 1.29 is 4.79 Å². The van der Waals surface area contributed by atoms with E-state index in [1.165, 1.54) is 11.1 Å². The molecule has 1 heterocycles. The van der Waals surface area contributed by atoms with Gasteiger partial charge in [-0.15, -0.1) is 10.2 Å². The molecule has 0 saturated heterocycles. The van der Waals surface area contributed by atoms with E-state index in [0.717, 1.165) is 10.9 Å². The summed E-state index contributed by atoms with van der Waals surface area (Å²) < 4.78 is 1.91. The predicted molar refractivity (Wildman–Crippen MR) is 109 cm³/mol. The number of benzene rings is 2. The molecule has 0 fully saturated rings. The Morgan fingerprint density at radius 3 is 2.59 bits per heavy atom. The van der Waals surface area contributed by atoms with E-state index < -0.39 is 0 Å². The third-order valence-electron chi connectivity index (χ3n) is 4.21. The fourth-order valence-corrected chi connectivity index (χ4v) is 3.74. The van der Waals surface area contributed by atoms with Crippen LogP contribution in [0.15, 0.2) is 53.7 Å². The molecule has 0 spiro atoms.